The minimum absolute atomic E-state index is 0.00447. The van der Waals surface area contributed by atoms with Gasteiger partial charge in [-0.3, -0.25) is 0 Å². The molecule has 6 nitrogen and oxygen atoms in total. The van der Waals surface area contributed by atoms with E-state index >= 15 is 0 Å². The van der Waals surface area contributed by atoms with Crippen LogP contribution in [0.5, 0.6) is 34.5 Å². The predicted octanol–water partition coefficient (Wildman–Crippen LogP) is 15.2. The van der Waals surface area contributed by atoms with Crippen LogP contribution in [0.3, 0.4) is 0 Å². The van der Waals surface area contributed by atoms with Gasteiger partial charge in [0.1, 0.15) is 17.2 Å². The van der Waals surface area contributed by atoms with Gasteiger partial charge in [0.05, 0.1) is 15.1 Å². The molecule has 4 aromatic rings. The summed E-state index contributed by atoms with van der Waals surface area (Å²) in [6.07, 6.45) is 22.9. The van der Waals surface area contributed by atoms with Crippen LogP contribution in [0.25, 0.3) is 0 Å². The van der Waals surface area contributed by atoms with E-state index in [0.29, 0.717) is 90.6 Å². The van der Waals surface area contributed by atoms with Gasteiger partial charge in [-0.2, -0.15) is 0 Å². The van der Waals surface area contributed by atoms with E-state index in [9.17, 15) is 0 Å². The number of hydrogen-bond acceptors (Lipinski definition) is 6. The number of anilines is 3. The molecule has 12 bridgehead atoms. The fraction of sp³-hybridized carbons (Fsp3) is 0.556. The second-order valence-corrected chi connectivity index (χ2v) is 24.3. The molecule has 12 aliphatic carbocycles. The molecular formula is C54H60Cl3N3O3. The first-order chi connectivity index (χ1) is 30.4. The average molecular weight is 905 g/mol. The number of ether oxygens (including phenoxy) is 3. The molecule has 9 heteroatoms. The summed E-state index contributed by atoms with van der Waals surface area (Å²) in [5, 5.41) is 1.36. The van der Waals surface area contributed by atoms with Crippen molar-refractivity contribution in [1.29, 1.82) is 0 Å². The van der Waals surface area contributed by atoms with Crippen molar-refractivity contribution < 1.29 is 14.2 Å². The first-order valence-electron chi connectivity index (χ1n) is 24.3. The molecule has 0 aromatic heterocycles. The summed E-state index contributed by atoms with van der Waals surface area (Å²) in [5.74, 6) is 10.1. The number of nitrogens with two attached hydrogens (primary N) is 3. The normalized spacial score (nSPS) is 37.5. The lowest BCUT2D eigenvalue weighted by Gasteiger charge is -2.63. The number of benzene rings is 4. The van der Waals surface area contributed by atoms with Crippen molar-refractivity contribution in [1.82, 2.24) is 0 Å². The fourth-order valence-corrected chi connectivity index (χ4v) is 18.6. The van der Waals surface area contributed by atoms with Gasteiger partial charge in [0.25, 0.3) is 0 Å². The Morgan fingerprint density at radius 1 is 0.349 bits per heavy atom. The number of hydrogen-bond donors (Lipinski definition) is 3. The maximum Gasteiger partial charge on any atom is 0.213 e. The lowest BCUT2D eigenvalue weighted by molar-refractivity contribution is -0.0255. The first-order valence-corrected chi connectivity index (χ1v) is 25.5. The monoisotopic (exact) mass is 903 g/mol. The molecule has 0 amide bonds. The third-order valence-corrected chi connectivity index (χ3v) is 19.5. The van der Waals surface area contributed by atoms with Crippen molar-refractivity contribution in [2.24, 2.45) is 53.3 Å². The Morgan fingerprint density at radius 2 is 0.587 bits per heavy atom. The Labute approximate surface area is 387 Å². The molecule has 63 heavy (non-hydrogen) atoms. The van der Waals surface area contributed by atoms with Crippen LogP contribution in [0.4, 0.5) is 17.1 Å². The summed E-state index contributed by atoms with van der Waals surface area (Å²) in [5.41, 5.74) is 25.1. The van der Waals surface area contributed by atoms with E-state index in [1.54, 1.807) is 23.8 Å². The largest absolute Gasteiger partial charge is 0.451 e. The highest BCUT2D eigenvalue weighted by Gasteiger charge is 2.62. The van der Waals surface area contributed by atoms with Crippen LogP contribution < -0.4 is 31.4 Å². The minimum Gasteiger partial charge on any atom is -0.451 e. The van der Waals surface area contributed by atoms with Crippen LogP contribution in [0.15, 0.2) is 54.6 Å². The number of rotatable bonds is 9. The van der Waals surface area contributed by atoms with Gasteiger partial charge < -0.3 is 31.4 Å². The van der Waals surface area contributed by atoms with Gasteiger partial charge in [0, 0.05) is 39.0 Å². The van der Waals surface area contributed by atoms with Crippen LogP contribution in [-0.4, -0.2) is 0 Å². The van der Waals surface area contributed by atoms with E-state index < -0.39 is 0 Å². The SMILES string of the molecule is Nc1ccc(Oc2c(Oc3ccc(N)cc3Cl)c(C34CC5CC(CC(C5)C3)C4)c(C34CC5CC(CC(C5)C3)C4)c(C34CC5CC(CC(C5)C3)C4)c2Oc2ccc(N)cc2Cl)c(Cl)c1. The molecule has 12 fully saturated rings. The molecule has 4 aromatic carbocycles. The van der Waals surface area contributed by atoms with Crippen molar-refractivity contribution >= 4 is 51.9 Å². The summed E-state index contributed by atoms with van der Waals surface area (Å²) in [4.78, 5) is 0. The zero-order valence-electron chi connectivity index (χ0n) is 36.2. The van der Waals surface area contributed by atoms with Crippen LogP contribution in [0, 0.1) is 53.3 Å². The lowest BCUT2D eigenvalue weighted by atomic mass is 9.41. The molecule has 0 unspecified atom stereocenters. The fourth-order valence-electron chi connectivity index (χ4n) is 17.9. The molecule has 12 saturated carbocycles. The Balaban J connectivity index is 1.19. The molecule has 12 aliphatic rings. The van der Waals surface area contributed by atoms with Crippen molar-refractivity contribution in [3.8, 4) is 34.5 Å². The molecule has 0 radical (unpaired) electrons. The molecule has 0 saturated heterocycles. The summed E-state index contributed by atoms with van der Waals surface area (Å²) < 4.78 is 22.8. The summed E-state index contributed by atoms with van der Waals surface area (Å²) in [7, 11) is 0. The van der Waals surface area contributed by atoms with Gasteiger partial charge in [-0.1, -0.05) is 34.8 Å². The van der Waals surface area contributed by atoms with Crippen LogP contribution in [0.1, 0.15) is 132 Å². The lowest BCUT2D eigenvalue weighted by Crippen LogP contribution is -2.55. The van der Waals surface area contributed by atoms with Gasteiger partial charge in [0.2, 0.25) is 5.75 Å². The van der Waals surface area contributed by atoms with E-state index in [1.807, 2.05) is 36.4 Å². The Kier molecular flexibility index (Phi) is 9.04. The second-order valence-electron chi connectivity index (χ2n) is 23.1. The molecular weight excluding hydrogens is 845 g/mol. The molecule has 0 spiro atoms. The van der Waals surface area contributed by atoms with Crippen LogP contribution >= 0.6 is 34.8 Å². The predicted molar refractivity (Wildman–Crippen MR) is 254 cm³/mol. The van der Waals surface area contributed by atoms with E-state index in [1.165, 1.54) is 127 Å². The zero-order chi connectivity index (χ0) is 42.6. The van der Waals surface area contributed by atoms with Crippen molar-refractivity contribution in [2.45, 2.75) is 132 Å². The highest BCUT2D eigenvalue weighted by Crippen LogP contribution is 2.73. The summed E-state index contributed by atoms with van der Waals surface area (Å²) in [6, 6.07) is 16.7. The second kappa shape index (κ2) is 14.3. The minimum atomic E-state index is -0.0829. The van der Waals surface area contributed by atoms with Gasteiger partial charge in [-0.15, -0.1) is 0 Å². The molecule has 6 N–H and O–H groups in total. The third kappa shape index (κ3) is 6.44. The molecule has 0 aliphatic heterocycles. The van der Waals surface area contributed by atoms with E-state index in [4.69, 9.17) is 66.2 Å². The Bertz CT molecular complexity index is 2320. The molecule has 0 heterocycles. The Morgan fingerprint density at radius 3 is 0.841 bits per heavy atom. The quantitative estimate of drug-likeness (QED) is 0.145. The standard InChI is InChI=1S/C54H60Cl3N3O3/c55-40-16-37(58)1-4-43(40)61-49-47(53-22-31-10-32(23-53)12-33(11-31)24-53)46(52-19-28-7-29(20-52)9-30(8-28)21-52)48(54-25-34-13-35(26-54)15-36(14-34)27-54)50(62-44-5-2-38(59)17-41(44)56)51(49)63-45-6-3-39(60)18-42(45)57/h1-6,16-18,28-36H,7-15,19-27,58-60H2. The van der Waals surface area contributed by atoms with Crippen molar-refractivity contribution in [2.75, 3.05) is 17.2 Å². The van der Waals surface area contributed by atoms with Crippen LogP contribution in [0.2, 0.25) is 15.1 Å². The maximum absolute atomic E-state index is 7.64. The third-order valence-electron chi connectivity index (χ3n) is 18.6. The first kappa shape index (κ1) is 39.9. The molecule has 0 atom stereocenters. The maximum atomic E-state index is 7.64. The summed E-state index contributed by atoms with van der Waals surface area (Å²) in [6.45, 7) is 0. The zero-order valence-corrected chi connectivity index (χ0v) is 38.5. The van der Waals surface area contributed by atoms with Gasteiger partial charge in [-0.05, 0) is 234 Å². The molecule has 330 valence electrons. The van der Waals surface area contributed by atoms with Crippen molar-refractivity contribution in [3.05, 3.63) is 86.4 Å². The van der Waals surface area contributed by atoms with Gasteiger partial charge in [-0.25, -0.2) is 0 Å². The van der Waals surface area contributed by atoms with Gasteiger partial charge >= 0.3 is 0 Å². The van der Waals surface area contributed by atoms with Gasteiger partial charge in [0.15, 0.2) is 11.5 Å². The number of nitrogen functional groups attached to an aromatic ring is 3. The average Bonchev–Trinajstić information content (AvgIpc) is 3.20. The summed E-state index contributed by atoms with van der Waals surface area (Å²) >= 11 is 21.6. The highest BCUT2D eigenvalue weighted by atomic mass is 35.5. The number of halogens is 3. The molecule has 16 rings (SSSR count). The van der Waals surface area contributed by atoms with E-state index in [-0.39, 0.29) is 16.2 Å². The Hall–Kier alpha value is -3.45. The van der Waals surface area contributed by atoms with Crippen LogP contribution in [-0.2, 0) is 16.2 Å². The van der Waals surface area contributed by atoms with E-state index in [2.05, 4.69) is 0 Å². The topological polar surface area (TPSA) is 106 Å². The smallest absolute Gasteiger partial charge is 0.213 e. The van der Waals surface area contributed by atoms with Crippen molar-refractivity contribution in [3.63, 3.8) is 0 Å². The van der Waals surface area contributed by atoms with E-state index in [0.717, 1.165) is 29.3 Å². The highest BCUT2D eigenvalue weighted by molar-refractivity contribution is 6.33.